The van der Waals surface area contributed by atoms with Crippen LogP contribution in [0.5, 0.6) is 0 Å². The van der Waals surface area contributed by atoms with Crippen molar-refractivity contribution in [1.82, 2.24) is 4.90 Å². The zero-order valence-corrected chi connectivity index (χ0v) is 12.8. The van der Waals surface area contributed by atoms with Crippen molar-refractivity contribution in [2.24, 2.45) is 0 Å². The third-order valence-electron chi connectivity index (χ3n) is 2.59. The van der Waals surface area contributed by atoms with Crippen LogP contribution >= 0.6 is 22.7 Å². The Morgan fingerprint density at radius 1 is 1.45 bits per heavy atom. The van der Waals surface area contributed by atoms with Crippen LogP contribution in [0.1, 0.15) is 26.5 Å². The summed E-state index contributed by atoms with van der Waals surface area (Å²) in [6, 6.07) is 5.71. The molecule has 0 aromatic carbocycles. The van der Waals surface area contributed by atoms with Gasteiger partial charge in [0.2, 0.25) is 0 Å². The van der Waals surface area contributed by atoms with E-state index in [4.69, 9.17) is 5.11 Å². The highest BCUT2D eigenvalue weighted by Gasteiger charge is 2.13. The first-order chi connectivity index (χ1) is 9.70. The fraction of sp³-hybridized carbons (Fsp3) is 0.267. The van der Waals surface area contributed by atoms with E-state index in [9.17, 15) is 4.79 Å². The molecule has 20 heavy (non-hydrogen) atoms. The summed E-state index contributed by atoms with van der Waals surface area (Å²) in [6.45, 7) is 0.672. The van der Waals surface area contributed by atoms with Gasteiger partial charge in [-0.05, 0) is 17.5 Å². The Morgan fingerprint density at radius 2 is 2.30 bits per heavy atom. The first-order valence-corrected chi connectivity index (χ1v) is 7.92. The number of carbonyl (C=O) groups is 1. The minimum atomic E-state index is 0.0429. The number of thiophene rings is 2. The molecule has 3 nitrogen and oxygen atoms in total. The molecule has 0 saturated carbocycles. The summed E-state index contributed by atoms with van der Waals surface area (Å²) >= 11 is 3.05. The number of amides is 1. The van der Waals surface area contributed by atoms with E-state index in [2.05, 4.69) is 11.8 Å². The first kappa shape index (κ1) is 14.8. The average Bonchev–Trinajstić information content (AvgIpc) is 3.09. The summed E-state index contributed by atoms with van der Waals surface area (Å²) in [5.74, 6) is 5.93. The molecular formula is C15H15NO2S2. The number of aliphatic hydroxyl groups excluding tert-OH is 1. The van der Waals surface area contributed by atoms with Crippen LogP contribution in [-0.2, 0) is 6.54 Å². The number of carbonyl (C=O) groups excluding carboxylic acids is 1. The molecule has 1 N–H and O–H groups in total. The first-order valence-electron chi connectivity index (χ1n) is 6.17. The number of aliphatic hydroxyl groups is 1. The Hall–Kier alpha value is -1.61. The molecule has 0 unspecified atom stereocenters. The zero-order chi connectivity index (χ0) is 14.4. The Morgan fingerprint density at radius 3 is 3.00 bits per heavy atom. The minimum Gasteiger partial charge on any atom is -0.395 e. The summed E-state index contributed by atoms with van der Waals surface area (Å²) < 4.78 is 0. The SMILES string of the molecule is CN(Cc1cc(C#CCCO)cs1)C(=O)c1cccs1. The predicted octanol–water partition coefficient (Wildman–Crippen LogP) is 2.82. The normalized spacial score (nSPS) is 9.90. The highest BCUT2D eigenvalue weighted by Crippen LogP contribution is 2.18. The molecular weight excluding hydrogens is 290 g/mol. The second kappa shape index (κ2) is 7.25. The van der Waals surface area contributed by atoms with Crippen molar-refractivity contribution >= 4 is 28.6 Å². The lowest BCUT2D eigenvalue weighted by atomic mass is 10.3. The van der Waals surface area contributed by atoms with E-state index in [0.717, 1.165) is 15.3 Å². The van der Waals surface area contributed by atoms with Crippen LogP contribution in [0.4, 0.5) is 0 Å². The van der Waals surface area contributed by atoms with Gasteiger partial charge in [0.25, 0.3) is 5.91 Å². The van der Waals surface area contributed by atoms with Gasteiger partial charge in [-0.1, -0.05) is 17.9 Å². The quantitative estimate of drug-likeness (QED) is 0.883. The molecule has 0 aliphatic carbocycles. The van der Waals surface area contributed by atoms with Crippen molar-refractivity contribution in [2.45, 2.75) is 13.0 Å². The Bertz CT molecular complexity index is 620. The molecule has 5 heteroatoms. The molecule has 2 aromatic heterocycles. The van der Waals surface area contributed by atoms with Crippen molar-refractivity contribution < 1.29 is 9.90 Å². The van der Waals surface area contributed by atoms with Gasteiger partial charge in [0.05, 0.1) is 18.0 Å². The summed E-state index contributed by atoms with van der Waals surface area (Å²) in [4.78, 5) is 15.7. The predicted molar refractivity (Wildman–Crippen MR) is 83.0 cm³/mol. The third-order valence-corrected chi connectivity index (χ3v) is 4.37. The molecule has 2 heterocycles. The van der Waals surface area contributed by atoms with E-state index in [-0.39, 0.29) is 12.5 Å². The molecule has 0 saturated heterocycles. The van der Waals surface area contributed by atoms with Crippen LogP contribution in [0.25, 0.3) is 0 Å². The summed E-state index contributed by atoms with van der Waals surface area (Å²) in [5, 5.41) is 12.6. The molecule has 2 aromatic rings. The smallest absolute Gasteiger partial charge is 0.263 e. The summed E-state index contributed by atoms with van der Waals surface area (Å²) in [6.07, 6.45) is 0.488. The third kappa shape index (κ3) is 3.94. The fourth-order valence-corrected chi connectivity index (χ4v) is 3.23. The van der Waals surface area contributed by atoms with E-state index in [1.807, 2.05) is 29.0 Å². The molecule has 0 aliphatic heterocycles. The molecule has 0 atom stereocenters. The number of hydrogen-bond donors (Lipinski definition) is 1. The van der Waals surface area contributed by atoms with Gasteiger partial charge in [0.1, 0.15) is 0 Å². The van der Waals surface area contributed by atoms with Gasteiger partial charge >= 0.3 is 0 Å². The van der Waals surface area contributed by atoms with Crippen LogP contribution in [0, 0.1) is 11.8 Å². The van der Waals surface area contributed by atoms with E-state index >= 15 is 0 Å². The van der Waals surface area contributed by atoms with E-state index < -0.39 is 0 Å². The van der Waals surface area contributed by atoms with Crippen LogP contribution in [-0.4, -0.2) is 29.6 Å². The number of rotatable bonds is 4. The van der Waals surface area contributed by atoms with Gasteiger partial charge in [0, 0.05) is 29.3 Å². The van der Waals surface area contributed by atoms with Crippen molar-refractivity contribution in [3.63, 3.8) is 0 Å². The number of nitrogens with zero attached hydrogens (tertiary/aromatic N) is 1. The van der Waals surface area contributed by atoms with Gasteiger partial charge < -0.3 is 10.0 Å². The van der Waals surface area contributed by atoms with Crippen LogP contribution in [0.2, 0.25) is 0 Å². The van der Waals surface area contributed by atoms with Gasteiger partial charge in [0.15, 0.2) is 0 Å². The van der Waals surface area contributed by atoms with Crippen molar-refractivity contribution in [3.8, 4) is 11.8 Å². The van der Waals surface area contributed by atoms with Gasteiger partial charge in [-0.25, -0.2) is 0 Å². The molecule has 0 fully saturated rings. The maximum absolute atomic E-state index is 12.1. The second-order valence-corrected chi connectivity index (χ2v) is 6.16. The molecule has 1 amide bonds. The Balaban J connectivity index is 1.97. The van der Waals surface area contributed by atoms with Crippen molar-refractivity contribution in [1.29, 1.82) is 0 Å². The van der Waals surface area contributed by atoms with Crippen molar-refractivity contribution in [3.05, 3.63) is 44.3 Å². The highest BCUT2D eigenvalue weighted by atomic mass is 32.1. The van der Waals surface area contributed by atoms with Gasteiger partial charge in [-0.3, -0.25) is 4.79 Å². The number of hydrogen-bond acceptors (Lipinski definition) is 4. The molecule has 104 valence electrons. The fourth-order valence-electron chi connectivity index (χ4n) is 1.64. The van der Waals surface area contributed by atoms with Gasteiger partial charge in [-0.15, -0.1) is 22.7 Å². The largest absolute Gasteiger partial charge is 0.395 e. The molecule has 0 radical (unpaired) electrons. The van der Waals surface area contributed by atoms with E-state index in [1.165, 1.54) is 11.3 Å². The maximum atomic E-state index is 12.1. The van der Waals surface area contributed by atoms with E-state index in [0.29, 0.717) is 13.0 Å². The molecule has 0 aliphatic rings. The minimum absolute atomic E-state index is 0.0429. The summed E-state index contributed by atoms with van der Waals surface area (Å²) in [5.41, 5.74) is 0.940. The topological polar surface area (TPSA) is 40.5 Å². The van der Waals surface area contributed by atoms with Crippen LogP contribution in [0.3, 0.4) is 0 Å². The maximum Gasteiger partial charge on any atom is 0.263 e. The second-order valence-electron chi connectivity index (χ2n) is 4.22. The Labute approximate surface area is 126 Å². The van der Waals surface area contributed by atoms with E-state index in [1.54, 1.807) is 23.3 Å². The van der Waals surface area contributed by atoms with Crippen LogP contribution < -0.4 is 0 Å². The monoisotopic (exact) mass is 305 g/mol. The Kier molecular flexibility index (Phi) is 5.36. The lowest BCUT2D eigenvalue weighted by Crippen LogP contribution is -2.24. The zero-order valence-electron chi connectivity index (χ0n) is 11.1. The average molecular weight is 305 g/mol. The van der Waals surface area contributed by atoms with Crippen LogP contribution in [0.15, 0.2) is 29.0 Å². The lowest BCUT2D eigenvalue weighted by Gasteiger charge is -2.14. The summed E-state index contributed by atoms with van der Waals surface area (Å²) in [7, 11) is 1.80. The highest BCUT2D eigenvalue weighted by molar-refractivity contribution is 7.12. The van der Waals surface area contributed by atoms with Crippen molar-refractivity contribution in [2.75, 3.05) is 13.7 Å². The molecule has 0 bridgehead atoms. The molecule has 2 rings (SSSR count). The standard InChI is InChI=1S/C15H15NO2S2/c1-16(15(18)14-6-4-8-19-14)10-13-9-12(11-20-13)5-2-3-7-17/h4,6,8-9,11,17H,3,7,10H2,1H3. The molecule has 0 spiro atoms. The van der Waals surface area contributed by atoms with Gasteiger partial charge in [-0.2, -0.15) is 0 Å². The lowest BCUT2D eigenvalue weighted by molar-refractivity contribution is 0.0791.